The summed E-state index contributed by atoms with van der Waals surface area (Å²) in [6.07, 6.45) is 0.695. The molecule has 3 nitrogen and oxygen atoms in total. The lowest BCUT2D eigenvalue weighted by Gasteiger charge is -2.16. The average molecular weight is 331 g/mol. The summed E-state index contributed by atoms with van der Waals surface area (Å²) in [7, 11) is 0. The Morgan fingerprint density at radius 3 is 2.63 bits per heavy atom. The molecule has 3 N–H and O–H groups in total. The van der Waals surface area contributed by atoms with Gasteiger partial charge in [-0.2, -0.15) is 0 Å². The fourth-order valence-corrected chi connectivity index (χ4v) is 2.20. The van der Waals surface area contributed by atoms with Gasteiger partial charge < -0.3 is 4.42 Å². The first-order valence-electron chi connectivity index (χ1n) is 5.76. The molecule has 0 saturated carbocycles. The van der Waals surface area contributed by atoms with Crippen LogP contribution in [0.3, 0.4) is 0 Å². The van der Waals surface area contributed by atoms with Gasteiger partial charge in [-0.25, -0.2) is 14.2 Å². The Labute approximate surface area is 117 Å². The molecule has 0 amide bonds. The van der Waals surface area contributed by atoms with Gasteiger partial charge in [0.2, 0.25) is 0 Å². The van der Waals surface area contributed by atoms with E-state index in [0.29, 0.717) is 12.2 Å². The zero-order valence-corrected chi connectivity index (χ0v) is 11.8. The predicted molar refractivity (Wildman–Crippen MR) is 71.3 cm³/mol. The van der Waals surface area contributed by atoms with E-state index in [9.17, 15) is 8.78 Å². The highest BCUT2D eigenvalue weighted by molar-refractivity contribution is 9.10. The number of hydrogen-bond donors (Lipinski definition) is 2. The molecule has 0 saturated heterocycles. The lowest BCUT2D eigenvalue weighted by molar-refractivity contribution is 0.407. The molecule has 2 aromatic rings. The molecule has 102 valence electrons. The molecule has 6 heteroatoms. The number of hydrazine groups is 1. The summed E-state index contributed by atoms with van der Waals surface area (Å²) in [5, 5.41) is 0. The predicted octanol–water partition coefficient (Wildman–Crippen LogP) is 3.44. The zero-order valence-electron chi connectivity index (χ0n) is 10.2. The maximum absolute atomic E-state index is 14.0. The van der Waals surface area contributed by atoms with E-state index in [0.717, 1.165) is 5.76 Å². The smallest absolute Gasteiger partial charge is 0.145 e. The molecule has 0 bridgehead atoms. The maximum atomic E-state index is 14.0. The topological polar surface area (TPSA) is 51.2 Å². The van der Waals surface area contributed by atoms with Crippen LogP contribution in [0.2, 0.25) is 0 Å². The molecule has 0 radical (unpaired) electrons. The molecule has 1 unspecified atom stereocenters. The molecule has 1 atom stereocenters. The molecule has 1 aromatic carbocycles. The Morgan fingerprint density at radius 2 is 2.05 bits per heavy atom. The first-order valence-corrected chi connectivity index (χ1v) is 6.55. The molecule has 0 aliphatic carbocycles. The Hall–Kier alpha value is -1.24. The molecule has 0 aliphatic heterocycles. The molecular weight excluding hydrogens is 318 g/mol. The van der Waals surface area contributed by atoms with Crippen LogP contribution in [0, 0.1) is 11.6 Å². The van der Waals surface area contributed by atoms with E-state index in [2.05, 4.69) is 21.4 Å². The normalized spacial score (nSPS) is 12.7. The molecule has 0 aliphatic rings. The molecule has 1 heterocycles. The van der Waals surface area contributed by atoms with Crippen molar-refractivity contribution in [1.82, 2.24) is 5.43 Å². The Kier molecular flexibility index (Phi) is 4.34. The van der Waals surface area contributed by atoms with Gasteiger partial charge in [-0.05, 0) is 40.2 Å². The number of rotatable bonds is 4. The number of hydrogen-bond acceptors (Lipinski definition) is 3. The number of aryl methyl sites for hydroxylation is 1. The Balaban J connectivity index is 2.50. The second-order valence-corrected chi connectivity index (χ2v) is 4.87. The van der Waals surface area contributed by atoms with Crippen molar-refractivity contribution >= 4 is 15.9 Å². The third-order valence-corrected chi connectivity index (χ3v) is 3.46. The monoisotopic (exact) mass is 330 g/mol. The van der Waals surface area contributed by atoms with Crippen molar-refractivity contribution < 1.29 is 13.2 Å². The number of nitrogens with two attached hydrogens (primary N) is 1. The minimum absolute atomic E-state index is 0.172. The summed E-state index contributed by atoms with van der Waals surface area (Å²) in [5.74, 6) is 5.14. The van der Waals surface area contributed by atoms with E-state index in [1.807, 2.05) is 6.92 Å². The lowest BCUT2D eigenvalue weighted by Crippen LogP contribution is -2.30. The van der Waals surface area contributed by atoms with Crippen LogP contribution >= 0.6 is 15.9 Å². The van der Waals surface area contributed by atoms with Gasteiger partial charge in [0.05, 0.1) is 10.0 Å². The van der Waals surface area contributed by atoms with Gasteiger partial charge in [0.1, 0.15) is 29.2 Å². The van der Waals surface area contributed by atoms with Crippen molar-refractivity contribution in [2.24, 2.45) is 5.84 Å². The van der Waals surface area contributed by atoms with Crippen molar-refractivity contribution in [3.8, 4) is 0 Å². The van der Waals surface area contributed by atoms with Gasteiger partial charge in [0, 0.05) is 6.42 Å². The summed E-state index contributed by atoms with van der Waals surface area (Å²) >= 11 is 3.03. The first-order chi connectivity index (χ1) is 9.08. The minimum Gasteiger partial charge on any atom is -0.464 e. The van der Waals surface area contributed by atoms with Crippen LogP contribution in [0.1, 0.15) is 30.0 Å². The van der Waals surface area contributed by atoms with Crippen molar-refractivity contribution in [1.29, 1.82) is 0 Å². The molecule has 0 fully saturated rings. The molecule has 2 rings (SSSR count). The van der Waals surface area contributed by atoms with E-state index in [-0.39, 0.29) is 10.0 Å². The second-order valence-electron chi connectivity index (χ2n) is 4.01. The van der Waals surface area contributed by atoms with Gasteiger partial charge in [0.15, 0.2) is 0 Å². The van der Waals surface area contributed by atoms with Crippen LogP contribution in [-0.4, -0.2) is 0 Å². The summed E-state index contributed by atoms with van der Waals surface area (Å²) in [5.41, 5.74) is 2.21. The summed E-state index contributed by atoms with van der Waals surface area (Å²) in [6, 6.07) is 5.02. The van der Waals surface area contributed by atoms with Gasteiger partial charge in [-0.1, -0.05) is 6.92 Å². The quantitative estimate of drug-likeness (QED) is 0.513. The third kappa shape index (κ3) is 2.70. The van der Waals surface area contributed by atoms with Crippen LogP contribution in [0.4, 0.5) is 8.78 Å². The minimum atomic E-state index is -0.877. The number of nitrogens with one attached hydrogen (secondary N) is 1. The highest BCUT2D eigenvalue weighted by atomic mass is 79.9. The van der Waals surface area contributed by atoms with Crippen molar-refractivity contribution in [2.75, 3.05) is 0 Å². The van der Waals surface area contributed by atoms with E-state index >= 15 is 0 Å². The summed E-state index contributed by atoms with van der Waals surface area (Å²) in [6.45, 7) is 1.92. The van der Waals surface area contributed by atoms with Crippen molar-refractivity contribution in [2.45, 2.75) is 19.4 Å². The lowest BCUT2D eigenvalue weighted by atomic mass is 10.0. The molecule has 1 aromatic heterocycles. The standard InChI is InChI=1S/C13H13BrF2N2O/c1-2-7-3-6-10(19-7)13(18-17)11-9(15)5-4-8(14)12(11)16/h3-6,13,18H,2,17H2,1H3. The second kappa shape index (κ2) is 5.81. The fourth-order valence-electron chi connectivity index (χ4n) is 1.85. The average Bonchev–Trinajstić information content (AvgIpc) is 2.87. The summed E-state index contributed by atoms with van der Waals surface area (Å²) in [4.78, 5) is 0. The van der Waals surface area contributed by atoms with Crippen molar-refractivity contribution in [3.05, 3.63) is 57.5 Å². The van der Waals surface area contributed by atoms with Crippen LogP contribution in [0.15, 0.2) is 33.2 Å². The van der Waals surface area contributed by atoms with Crippen LogP contribution in [0.25, 0.3) is 0 Å². The Bertz CT molecular complexity index is 586. The molecule has 19 heavy (non-hydrogen) atoms. The maximum Gasteiger partial charge on any atom is 0.145 e. The van der Waals surface area contributed by atoms with Gasteiger partial charge in [-0.15, -0.1) is 0 Å². The van der Waals surface area contributed by atoms with Crippen LogP contribution < -0.4 is 11.3 Å². The highest BCUT2D eigenvalue weighted by Gasteiger charge is 2.25. The van der Waals surface area contributed by atoms with Crippen LogP contribution in [0.5, 0.6) is 0 Å². The van der Waals surface area contributed by atoms with Gasteiger partial charge in [-0.3, -0.25) is 5.84 Å². The van der Waals surface area contributed by atoms with Gasteiger partial charge >= 0.3 is 0 Å². The molecule has 0 spiro atoms. The largest absolute Gasteiger partial charge is 0.464 e. The van der Waals surface area contributed by atoms with Crippen LogP contribution in [-0.2, 0) is 6.42 Å². The number of halogens is 3. The Morgan fingerprint density at radius 1 is 1.32 bits per heavy atom. The fraction of sp³-hybridized carbons (Fsp3) is 0.231. The number of benzene rings is 1. The van der Waals surface area contributed by atoms with Gasteiger partial charge in [0.25, 0.3) is 0 Å². The molecular formula is C13H13BrF2N2O. The first kappa shape index (κ1) is 14.2. The van der Waals surface area contributed by atoms with E-state index in [1.54, 1.807) is 12.1 Å². The third-order valence-electron chi connectivity index (χ3n) is 2.85. The van der Waals surface area contributed by atoms with E-state index in [4.69, 9.17) is 10.3 Å². The summed E-state index contributed by atoms with van der Waals surface area (Å²) < 4.78 is 33.6. The van der Waals surface area contributed by atoms with E-state index < -0.39 is 17.7 Å². The van der Waals surface area contributed by atoms with Crippen molar-refractivity contribution in [3.63, 3.8) is 0 Å². The highest BCUT2D eigenvalue weighted by Crippen LogP contribution is 2.31. The SMILES string of the molecule is CCc1ccc(C(NN)c2c(F)ccc(Br)c2F)o1. The number of furan rings is 1. The van der Waals surface area contributed by atoms with E-state index in [1.165, 1.54) is 12.1 Å². The zero-order chi connectivity index (χ0) is 14.0.